The van der Waals surface area contributed by atoms with E-state index in [9.17, 15) is 17.6 Å². The Morgan fingerprint density at radius 2 is 1.56 bits per heavy atom. The molecule has 0 saturated carbocycles. The van der Waals surface area contributed by atoms with Crippen molar-refractivity contribution in [2.45, 2.75) is 4.90 Å². The topological polar surface area (TPSA) is 51.2 Å². The lowest BCUT2D eigenvalue weighted by atomic mass is 10.0. The van der Waals surface area contributed by atoms with Crippen molar-refractivity contribution in [1.82, 2.24) is 0 Å². The number of hydrogen-bond donors (Lipinski definition) is 0. The van der Waals surface area contributed by atoms with Crippen LogP contribution < -0.4 is 0 Å². The summed E-state index contributed by atoms with van der Waals surface area (Å²) in [6.45, 7) is 0. The molecular formula is C18H12ClFO3S2. The van der Waals surface area contributed by atoms with Gasteiger partial charge >= 0.3 is 0 Å². The molecule has 0 fully saturated rings. The summed E-state index contributed by atoms with van der Waals surface area (Å²) in [6, 6.07) is 14.0. The van der Waals surface area contributed by atoms with Crippen LogP contribution in [0, 0.1) is 5.82 Å². The molecule has 2 aromatic carbocycles. The van der Waals surface area contributed by atoms with Gasteiger partial charge in [0, 0.05) is 16.7 Å². The van der Waals surface area contributed by atoms with Crippen LogP contribution in [0.4, 0.5) is 4.39 Å². The molecule has 0 amide bonds. The smallest absolute Gasteiger partial charge is 0.262 e. The first-order chi connectivity index (χ1) is 11.8. The van der Waals surface area contributed by atoms with Crippen molar-refractivity contribution in [2.75, 3.05) is 6.26 Å². The van der Waals surface area contributed by atoms with Crippen LogP contribution in [0.1, 0.15) is 9.67 Å². The van der Waals surface area contributed by atoms with Gasteiger partial charge in [0.15, 0.2) is 9.84 Å². The van der Waals surface area contributed by atoms with E-state index < -0.39 is 15.1 Å². The lowest BCUT2D eigenvalue weighted by Crippen LogP contribution is -1.96. The van der Waals surface area contributed by atoms with Crippen molar-refractivity contribution in [3.05, 3.63) is 65.3 Å². The average molecular weight is 395 g/mol. The number of benzene rings is 2. The van der Waals surface area contributed by atoms with E-state index >= 15 is 0 Å². The number of thiophene rings is 1. The summed E-state index contributed by atoms with van der Waals surface area (Å²) in [7, 11) is -3.29. The molecule has 0 N–H and O–H groups in total. The third-order valence-corrected chi connectivity index (χ3v) is 6.25. The van der Waals surface area contributed by atoms with Crippen LogP contribution in [0.15, 0.2) is 59.5 Å². The van der Waals surface area contributed by atoms with Crippen LogP contribution in [0.2, 0.25) is 0 Å². The molecule has 1 aromatic heterocycles. The monoisotopic (exact) mass is 394 g/mol. The molecule has 0 unspecified atom stereocenters. The predicted octanol–water partition coefficient (Wildman–Crippen LogP) is 5.00. The van der Waals surface area contributed by atoms with E-state index in [1.54, 1.807) is 30.3 Å². The Balaban J connectivity index is 2.14. The van der Waals surface area contributed by atoms with E-state index in [-0.39, 0.29) is 10.7 Å². The molecular weight excluding hydrogens is 383 g/mol. The minimum Gasteiger partial charge on any atom is -0.275 e. The van der Waals surface area contributed by atoms with Gasteiger partial charge in [0.1, 0.15) is 5.82 Å². The van der Waals surface area contributed by atoms with Crippen LogP contribution in [0.5, 0.6) is 0 Å². The Morgan fingerprint density at radius 3 is 2.08 bits per heavy atom. The van der Waals surface area contributed by atoms with Crippen LogP contribution in [0.3, 0.4) is 0 Å². The Morgan fingerprint density at radius 1 is 1.00 bits per heavy atom. The van der Waals surface area contributed by atoms with Gasteiger partial charge < -0.3 is 0 Å². The highest BCUT2D eigenvalue weighted by molar-refractivity contribution is 7.90. The van der Waals surface area contributed by atoms with Crippen LogP contribution in [-0.4, -0.2) is 19.9 Å². The lowest BCUT2D eigenvalue weighted by Gasteiger charge is -2.06. The minimum absolute atomic E-state index is 0.212. The number of hydrogen-bond acceptors (Lipinski definition) is 4. The number of carbonyl (C=O) groups is 1. The van der Waals surface area contributed by atoms with Gasteiger partial charge in [0.2, 0.25) is 0 Å². The summed E-state index contributed by atoms with van der Waals surface area (Å²) in [5.74, 6) is -0.354. The summed E-state index contributed by atoms with van der Waals surface area (Å²) in [4.78, 5) is 12.9. The Hall–Kier alpha value is -2.02. The number of halogens is 2. The summed E-state index contributed by atoms with van der Waals surface area (Å²) < 4.78 is 36.4. The minimum atomic E-state index is -3.29. The van der Waals surface area contributed by atoms with Crippen LogP contribution in [-0.2, 0) is 9.84 Å². The third-order valence-electron chi connectivity index (χ3n) is 3.63. The highest BCUT2D eigenvalue weighted by Crippen LogP contribution is 2.40. The molecule has 0 saturated heterocycles. The van der Waals surface area contributed by atoms with E-state index in [0.717, 1.165) is 27.8 Å². The van der Waals surface area contributed by atoms with Crippen molar-refractivity contribution >= 4 is 38.0 Å². The molecule has 0 spiro atoms. The molecule has 3 rings (SSSR count). The predicted molar refractivity (Wildman–Crippen MR) is 98.4 cm³/mol. The van der Waals surface area contributed by atoms with Gasteiger partial charge in [-0.15, -0.1) is 11.3 Å². The zero-order valence-electron chi connectivity index (χ0n) is 13.0. The second-order valence-electron chi connectivity index (χ2n) is 5.43. The summed E-state index contributed by atoms with van der Waals surface area (Å²) >= 11 is 6.81. The highest BCUT2D eigenvalue weighted by Gasteiger charge is 2.17. The molecule has 3 nitrogen and oxygen atoms in total. The fourth-order valence-electron chi connectivity index (χ4n) is 2.40. The standard InChI is InChI=1S/C18H12ClFO3S2/c1-25(22,23)14-8-4-11(5-9-14)15-10-16(18(19)21)24-17(15)12-2-6-13(20)7-3-12/h2-10H,1H3. The van der Waals surface area contributed by atoms with Crippen LogP contribution in [0.25, 0.3) is 21.6 Å². The molecule has 0 atom stereocenters. The van der Waals surface area contributed by atoms with Gasteiger partial charge in [-0.05, 0) is 53.1 Å². The van der Waals surface area contributed by atoms with E-state index in [0.29, 0.717) is 4.88 Å². The highest BCUT2D eigenvalue weighted by atomic mass is 35.5. The van der Waals surface area contributed by atoms with Gasteiger partial charge in [-0.2, -0.15) is 0 Å². The quantitative estimate of drug-likeness (QED) is 0.585. The van der Waals surface area contributed by atoms with Gasteiger partial charge in [-0.3, -0.25) is 4.79 Å². The average Bonchev–Trinajstić information content (AvgIpc) is 3.00. The zero-order chi connectivity index (χ0) is 18.2. The third kappa shape index (κ3) is 3.81. The summed E-state index contributed by atoms with van der Waals surface area (Å²) in [5, 5.41) is -0.577. The number of rotatable bonds is 4. The van der Waals surface area contributed by atoms with Gasteiger partial charge in [-0.1, -0.05) is 24.3 Å². The second kappa shape index (κ2) is 6.71. The fourth-order valence-corrected chi connectivity index (χ4v) is 4.22. The van der Waals surface area contributed by atoms with E-state index in [1.807, 2.05) is 0 Å². The fraction of sp³-hybridized carbons (Fsp3) is 0.0556. The number of sulfone groups is 1. The summed E-state index contributed by atoms with van der Waals surface area (Å²) in [6.07, 6.45) is 1.14. The molecule has 1 heterocycles. The summed E-state index contributed by atoms with van der Waals surface area (Å²) in [5.41, 5.74) is 2.23. The second-order valence-corrected chi connectivity index (χ2v) is 8.84. The Labute approximate surface area is 153 Å². The first kappa shape index (κ1) is 17.8. The van der Waals surface area contributed by atoms with Crippen molar-refractivity contribution < 1.29 is 17.6 Å². The first-order valence-corrected chi connectivity index (χ1v) is 10.2. The molecule has 3 aromatic rings. The SMILES string of the molecule is CS(=O)(=O)c1ccc(-c2cc(C(=O)Cl)sc2-c2ccc(F)cc2)cc1. The molecule has 0 radical (unpaired) electrons. The molecule has 128 valence electrons. The maximum absolute atomic E-state index is 13.2. The maximum Gasteiger partial charge on any atom is 0.262 e. The maximum atomic E-state index is 13.2. The molecule has 7 heteroatoms. The molecule has 25 heavy (non-hydrogen) atoms. The molecule has 0 aliphatic carbocycles. The number of carbonyl (C=O) groups excluding carboxylic acids is 1. The Kier molecular flexibility index (Phi) is 4.77. The van der Waals surface area contributed by atoms with Crippen molar-refractivity contribution in [3.8, 4) is 21.6 Å². The zero-order valence-corrected chi connectivity index (χ0v) is 15.4. The first-order valence-electron chi connectivity index (χ1n) is 7.16. The van der Waals surface area contributed by atoms with E-state index in [2.05, 4.69) is 0 Å². The van der Waals surface area contributed by atoms with Gasteiger partial charge in [0.05, 0.1) is 9.77 Å². The Bertz CT molecular complexity index is 1040. The van der Waals surface area contributed by atoms with E-state index in [1.165, 1.54) is 35.6 Å². The normalized spacial score (nSPS) is 11.5. The molecule has 0 aliphatic heterocycles. The van der Waals surface area contributed by atoms with Gasteiger partial charge in [0.25, 0.3) is 5.24 Å². The largest absolute Gasteiger partial charge is 0.275 e. The lowest BCUT2D eigenvalue weighted by molar-refractivity contribution is 0.108. The van der Waals surface area contributed by atoms with E-state index in [4.69, 9.17) is 11.6 Å². The van der Waals surface area contributed by atoms with Crippen molar-refractivity contribution in [3.63, 3.8) is 0 Å². The molecule has 0 bridgehead atoms. The molecule has 0 aliphatic rings. The van der Waals surface area contributed by atoms with Crippen molar-refractivity contribution in [2.24, 2.45) is 0 Å². The van der Waals surface area contributed by atoms with Crippen molar-refractivity contribution in [1.29, 1.82) is 0 Å². The van der Waals surface area contributed by atoms with Gasteiger partial charge in [-0.25, -0.2) is 12.8 Å². The van der Waals surface area contributed by atoms with Crippen LogP contribution >= 0.6 is 22.9 Å².